The van der Waals surface area contributed by atoms with Gasteiger partial charge in [-0.2, -0.15) is 0 Å². The van der Waals surface area contributed by atoms with Crippen LogP contribution in [-0.2, 0) is 4.79 Å². The number of carbonyl (C=O) groups is 1. The number of aliphatic hydroxyl groups is 5. The fourth-order valence-electron chi connectivity index (χ4n) is 1.32. The summed E-state index contributed by atoms with van der Waals surface area (Å²) in [4.78, 5) is 11.4. The Morgan fingerprint density at radius 1 is 0.941 bits per heavy atom. The minimum absolute atomic E-state index is 0.229. The van der Waals surface area contributed by atoms with Crippen molar-refractivity contribution in [3.63, 3.8) is 0 Å². The number of Topliss-reactive ketones (excluding diaryl/α,β-unsaturated/α-hetero) is 1. The van der Waals surface area contributed by atoms with Gasteiger partial charge in [0.2, 0.25) is 0 Å². The first kappa shape index (κ1) is 16.5. The maximum atomic E-state index is 11.4. The molecule has 102 valence electrons. The molecule has 0 heterocycles. The van der Waals surface area contributed by atoms with E-state index >= 15 is 0 Å². The van der Waals surface area contributed by atoms with E-state index in [1.165, 1.54) is 0 Å². The second-order valence-corrected chi connectivity index (χ2v) is 4.58. The molecule has 6 nitrogen and oxygen atoms in total. The predicted octanol–water partition coefficient (Wildman–Crippen LogP) is -1.57. The first-order chi connectivity index (χ1) is 7.81. The Hall–Kier alpha value is -0.530. The Balaban J connectivity index is 4.28. The summed E-state index contributed by atoms with van der Waals surface area (Å²) in [5.74, 6) is -0.761. The van der Waals surface area contributed by atoms with Gasteiger partial charge in [0.05, 0.1) is 12.7 Å². The molecule has 1 unspecified atom stereocenters. The summed E-state index contributed by atoms with van der Waals surface area (Å²) >= 11 is 0. The topological polar surface area (TPSA) is 118 Å². The van der Waals surface area contributed by atoms with Gasteiger partial charge in [-0.3, -0.25) is 4.79 Å². The second-order valence-electron chi connectivity index (χ2n) is 4.58. The lowest BCUT2D eigenvalue weighted by Gasteiger charge is -2.22. The molecule has 0 aromatic rings. The Morgan fingerprint density at radius 2 is 1.41 bits per heavy atom. The van der Waals surface area contributed by atoms with Gasteiger partial charge < -0.3 is 25.5 Å². The minimum Gasteiger partial charge on any atom is -0.394 e. The molecule has 0 aliphatic rings. The number of rotatable bonds is 8. The first-order valence-electron chi connectivity index (χ1n) is 5.68. The van der Waals surface area contributed by atoms with Crippen LogP contribution >= 0.6 is 0 Å². The number of ketones is 1. The lowest BCUT2D eigenvalue weighted by molar-refractivity contribution is -0.149. The van der Waals surface area contributed by atoms with Crippen molar-refractivity contribution in [2.24, 2.45) is 5.92 Å². The fraction of sp³-hybridized carbons (Fsp3) is 0.909. The maximum absolute atomic E-state index is 11.4. The van der Waals surface area contributed by atoms with E-state index < -0.39 is 36.8 Å². The average molecular weight is 250 g/mol. The average Bonchev–Trinajstić information content (AvgIpc) is 2.31. The zero-order valence-corrected chi connectivity index (χ0v) is 10.2. The molecule has 0 amide bonds. The Labute approximate surface area is 101 Å². The fourth-order valence-corrected chi connectivity index (χ4v) is 1.32. The Morgan fingerprint density at radius 3 is 1.82 bits per heavy atom. The van der Waals surface area contributed by atoms with Gasteiger partial charge in [-0.1, -0.05) is 13.8 Å². The van der Waals surface area contributed by atoms with Crippen LogP contribution in [-0.4, -0.2) is 62.3 Å². The lowest BCUT2D eigenvalue weighted by atomic mass is 9.96. The van der Waals surface area contributed by atoms with Crippen LogP contribution in [0.2, 0.25) is 0 Å². The zero-order valence-electron chi connectivity index (χ0n) is 10.2. The zero-order chi connectivity index (χ0) is 13.6. The van der Waals surface area contributed by atoms with Crippen LogP contribution in [0.15, 0.2) is 0 Å². The van der Waals surface area contributed by atoms with Gasteiger partial charge in [0.25, 0.3) is 0 Å². The molecule has 0 spiro atoms. The van der Waals surface area contributed by atoms with Gasteiger partial charge in [-0.25, -0.2) is 0 Å². The number of hydrogen-bond acceptors (Lipinski definition) is 6. The van der Waals surface area contributed by atoms with Crippen molar-refractivity contribution in [2.75, 3.05) is 6.61 Å². The Kier molecular flexibility index (Phi) is 7.49. The monoisotopic (exact) mass is 250 g/mol. The summed E-state index contributed by atoms with van der Waals surface area (Å²) in [6, 6.07) is 0. The van der Waals surface area contributed by atoms with Crippen LogP contribution in [0.3, 0.4) is 0 Å². The summed E-state index contributed by atoms with van der Waals surface area (Å²) in [5.41, 5.74) is 0. The van der Waals surface area contributed by atoms with Crippen molar-refractivity contribution < 1.29 is 30.3 Å². The van der Waals surface area contributed by atoms with Crippen molar-refractivity contribution in [1.82, 2.24) is 0 Å². The molecular formula is C11H22O6. The maximum Gasteiger partial charge on any atom is 0.195 e. The van der Waals surface area contributed by atoms with Crippen LogP contribution in [0.5, 0.6) is 0 Å². The molecule has 0 rings (SSSR count). The molecule has 0 aromatic carbocycles. The smallest absolute Gasteiger partial charge is 0.195 e. The van der Waals surface area contributed by atoms with Gasteiger partial charge in [0, 0.05) is 0 Å². The normalized spacial score (nSPS) is 18.8. The predicted molar refractivity (Wildman–Crippen MR) is 60.2 cm³/mol. The van der Waals surface area contributed by atoms with Gasteiger partial charge in [0.1, 0.15) is 18.3 Å². The van der Waals surface area contributed by atoms with E-state index in [1.54, 1.807) is 0 Å². The van der Waals surface area contributed by atoms with Crippen LogP contribution < -0.4 is 0 Å². The summed E-state index contributed by atoms with van der Waals surface area (Å²) in [5, 5.41) is 45.8. The standard InChI is InChI=1S/C11H22O6/c1-6(2)3-4-7(13)9(15)11(17)10(16)8(14)5-12/h6-10,12-16H,3-5H2,1-2H3/t7?,8-,9+,10-/m1/s1. The molecule has 17 heavy (non-hydrogen) atoms. The molecule has 6 heteroatoms. The summed E-state index contributed by atoms with van der Waals surface area (Å²) in [6.07, 6.45) is -5.69. The third-order valence-electron chi connectivity index (χ3n) is 2.54. The molecule has 0 aliphatic heterocycles. The summed E-state index contributed by atoms with van der Waals surface area (Å²) in [7, 11) is 0. The summed E-state index contributed by atoms with van der Waals surface area (Å²) < 4.78 is 0. The van der Waals surface area contributed by atoms with E-state index in [2.05, 4.69) is 0 Å². The molecule has 0 bridgehead atoms. The molecule has 0 radical (unpaired) electrons. The van der Waals surface area contributed by atoms with Gasteiger partial charge in [-0.15, -0.1) is 0 Å². The molecule has 0 saturated carbocycles. The van der Waals surface area contributed by atoms with Gasteiger partial charge >= 0.3 is 0 Å². The third-order valence-corrected chi connectivity index (χ3v) is 2.54. The third kappa shape index (κ3) is 5.56. The van der Waals surface area contributed by atoms with E-state index in [0.29, 0.717) is 12.3 Å². The van der Waals surface area contributed by atoms with Crippen LogP contribution in [0, 0.1) is 5.92 Å². The van der Waals surface area contributed by atoms with Crippen LogP contribution in [0.25, 0.3) is 0 Å². The van der Waals surface area contributed by atoms with Crippen molar-refractivity contribution in [1.29, 1.82) is 0 Å². The van der Waals surface area contributed by atoms with E-state index in [-0.39, 0.29) is 6.42 Å². The highest BCUT2D eigenvalue weighted by Crippen LogP contribution is 2.11. The van der Waals surface area contributed by atoms with Crippen molar-refractivity contribution in [2.45, 2.75) is 51.1 Å². The highest BCUT2D eigenvalue weighted by molar-refractivity contribution is 5.88. The highest BCUT2D eigenvalue weighted by Gasteiger charge is 2.33. The lowest BCUT2D eigenvalue weighted by Crippen LogP contribution is -2.46. The second kappa shape index (κ2) is 7.73. The van der Waals surface area contributed by atoms with Crippen molar-refractivity contribution >= 4 is 5.78 Å². The van der Waals surface area contributed by atoms with Crippen molar-refractivity contribution in [3.05, 3.63) is 0 Å². The largest absolute Gasteiger partial charge is 0.394 e. The summed E-state index contributed by atoms with van der Waals surface area (Å²) in [6.45, 7) is 3.08. The molecular weight excluding hydrogens is 228 g/mol. The highest BCUT2D eigenvalue weighted by atomic mass is 16.4. The van der Waals surface area contributed by atoms with Crippen LogP contribution in [0.4, 0.5) is 0 Å². The van der Waals surface area contributed by atoms with E-state index in [0.717, 1.165) is 0 Å². The van der Waals surface area contributed by atoms with E-state index in [1.807, 2.05) is 13.8 Å². The van der Waals surface area contributed by atoms with Crippen LogP contribution in [0.1, 0.15) is 26.7 Å². The first-order valence-corrected chi connectivity index (χ1v) is 5.68. The van der Waals surface area contributed by atoms with Gasteiger partial charge in [-0.05, 0) is 18.8 Å². The van der Waals surface area contributed by atoms with Crippen molar-refractivity contribution in [3.8, 4) is 0 Å². The quantitative estimate of drug-likeness (QED) is 0.355. The number of hydrogen-bond donors (Lipinski definition) is 5. The van der Waals surface area contributed by atoms with E-state index in [4.69, 9.17) is 10.2 Å². The molecule has 0 aliphatic carbocycles. The molecule has 4 atom stereocenters. The number of aliphatic hydroxyl groups excluding tert-OH is 5. The number of carbonyl (C=O) groups excluding carboxylic acids is 1. The molecule has 5 N–H and O–H groups in total. The van der Waals surface area contributed by atoms with E-state index in [9.17, 15) is 20.1 Å². The van der Waals surface area contributed by atoms with Gasteiger partial charge in [0.15, 0.2) is 5.78 Å². The molecule has 0 fully saturated rings. The Bertz CT molecular complexity index is 230. The minimum atomic E-state index is -1.89. The molecule has 0 aromatic heterocycles. The molecule has 0 saturated heterocycles. The SMILES string of the molecule is CC(C)CCC(O)[C@H](O)C(=O)[C@H](O)[C@H](O)CO.